The van der Waals surface area contributed by atoms with Gasteiger partial charge in [0.25, 0.3) is 0 Å². The number of fused-ring (bicyclic) bond motifs is 2. The van der Waals surface area contributed by atoms with Gasteiger partial charge in [-0.15, -0.1) is 0 Å². The third kappa shape index (κ3) is 3.77. The number of aryl methyl sites for hydroxylation is 1. The van der Waals surface area contributed by atoms with Gasteiger partial charge in [-0.25, -0.2) is 0 Å². The second kappa shape index (κ2) is 9.28. The molecule has 0 radical (unpaired) electrons. The molecular formula is C43H28. The van der Waals surface area contributed by atoms with E-state index in [0.29, 0.717) is 0 Å². The second-order valence-corrected chi connectivity index (χ2v) is 11.8. The molecule has 0 atom stereocenters. The minimum atomic E-state index is 1.25. The Morgan fingerprint density at radius 1 is 0.302 bits per heavy atom. The minimum Gasteiger partial charge on any atom is -0.0616 e. The summed E-state index contributed by atoms with van der Waals surface area (Å²) in [6.07, 6.45) is 0. The van der Waals surface area contributed by atoms with Crippen LogP contribution < -0.4 is 0 Å². The van der Waals surface area contributed by atoms with E-state index in [0.717, 1.165) is 0 Å². The summed E-state index contributed by atoms with van der Waals surface area (Å²) in [6, 6.07) is 56.4. The largest absolute Gasteiger partial charge is 0.0616 e. The second-order valence-electron chi connectivity index (χ2n) is 11.8. The van der Waals surface area contributed by atoms with E-state index in [4.69, 9.17) is 0 Å². The van der Waals surface area contributed by atoms with Gasteiger partial charge >= 0.3 is 0 Å². The quantitative estimate of drug-likeness (QED) is 0.194. The zero-order valence-electron chi connectivity index (χ0n) is 23.9. The highest BCUT2D eigenvalue weighted by Crippen LogP contribution is 2.46. The summed E-state index contributed by atoms with van der Waals surface area (Å²) in [5.74, 6) is 0. The van der Waals surface area contributed by atoms with Crippen LogP contribution in [0.25, 0.3) is 87.2 Å². The summed E-state index contributed by atoms with van der Waals surface area (Å²) >= 11 is 0. The van der Waals surface area contributed by atoms with Crippen molar-refractivity contribution in [1.82, 2.24) is 0 Å². The van der Waals surface area contributed by atoms with E-state index < -0.39 is 0 Å². The molecule has 0 N–H and O–H groups in total. The number of rotatable bonds is 3. The van der Waals surface area contributed by atoms with Crippen molar-refractivity contribution in [2.75, 3.05) is 0 Å². The maximum absolute atomic E-state index is 2.42. The lowest BCUT2D eigenvalue weighted by Gasteiger charge is -2.20. The van der Waals surface area contributed by atoms with E-state index in [1.165, 1.54) is 92.8 Å². The van der Waals surface area contributed by atoms with Crippen molar-refractivity contribution >= 4 is 53.9 Å². The molecule has 9 aromatic carbocycles. The van der Waals surface area contributed by atoms with Crippen LogP contribution in [-0.2, 0) is 0 Å². The van der Waals surface area contributed by atoms with Gasteiger partial charge in [0, 0.05) is 0 Å². The van der Waals surface area contributed by atoms with Crippen LogP contribution in [0.3, 0.4) is 0 Å². The highest BCUT2D eigenvalue weighted by Gasteiger charge is 2.18. The number of hydrogen-bond donors (Lipinski definition) is 0. The first-order valence-electron chi connectivity index (χ1n) is 15.0. The molecule has 43 heavy (non-hydrogen) atoms. The first kappa shape index (κ1) is 24.2. The summed E-state index contributed by atoms with van der Waals surface area (Å²) in [6.45, 7) is 2.16. The average molecular weight is 545 g/mol. The molecule has 0 bridgehead atoms. The summed E-state index contributed by atoms with van der Waals surface area (Å²) in [5, 5.41) is 12.9. The van der Waals surface area contributed by atoms with Gasteiger partial charge < -0.3 is 0 Å². The Morgan fingerprint density at radius 2 is 0.767 bits per heavy atom. The molecule has 0 saturated heterocycles. The Morgan fingerprint density at radius 3 is 1.42 bits per heavy atom. The van der Waals surface area contributed by atoms with Crippen LogP contribution in [0.2, 0.25) is 0 Å². The van der Waals surface area contributed by atoms with Gasteiger partial charge in [-0.1, -0.05) is 139 Å². The van der Waals surface area contributed by atoms with Crippen LogP contribution in [0, 0.1) is 6.92 Å². The molecule has 0 aliphatic carbocycles. The standard InChI is InChI=1S/C43H28/c1-27-10-12-30(13-11-27)40-26-41(35-17-15-29-7-3-5-9-33(29)25-35)38-21-19-31-18-20-36(37-22-23-39(40)43(38)42(31)37)34-16-14-28-6-2-4-8-32(28)24-34/h2-26H,1H3. The summed E-state index contributed by atoms with van der Waals surface area (Å²) in [4.78, 5) is 0. The Labute approximate surface area is 250 Å². The van der Waals surface area contributed by atoms with Crippen molar-refractivity contribution in [3.8, 4) is 33.4 Å². The highest BCUT2D eigenvalue weighted by molar-refractivity contribution is 6.30. The molecule has 0 fully saturated rings. The smallest absolute Gasteiger partial charge is 0.00141 e. The zero-order chi connectivity index (χ0) is 28.5. The van der Waals surface area contributed by atoms with E-state index in [2.05, 4.69) is 159 Å². The molecule has 9 rings (SSSR count). The maximum Gasteiger partial charge on any atom is -0.00141 e. The van der Waals surface area contributed by atoms with Crippen molar-refractivity contribution in [1.29, 1.82) is 0 Å². The molecule has 0 unspecified atom stereocenters. The first-order chi connectivity index (χ1) is 21.2. The van der Waals surface area contributed by atoms with Crippen LogP contribution >= 0.6 is 0 Å². The van der Waals surface area contributed by atoms with Gasteiger partial charge in [0.2, 0.25) is 0 Å². The molecule has 0 nitrogen and oxygen atoms in total. The predicted octanol–water partition coefficient (Wildman–Crippen LogP) is 12.2. The molecule has 200 valence electrons. The zero-order valence-corrected chi connectivity index (χ0v) is 23.9. The van der Waals surface area contributed by atoms with E-state index in [-0.39, 0.29) is 0 Å². The third-order valence-electron chi connectivity index (χ3n) is 9.27. The van der Waals surface area contributed by atoms with Gasteiger partial charge in [-0.2, -0.15) is 0 Å². The Hall–Kier alpha value is -5.46. The normalized spacial score (nSPS) is 11.8. The molecule has 0 heterocycles. The van der Waals surface area contributed by atoms with Gasteiger partial charge in [0.05, 0.1) is 0 Å². The molecule has 0 aliphatic heterocycles. The monoisotopic (exact) mass is 544 g/mol. The number of hydrogen-bond acceptors (Lipinski definition) is 0. The number of benzene rings is 9. The predicted molar refractivity (Wildman–Crippen MR) is 186 cm³/mol. The maximum atomic E-state index is 2.42. The first-order valence-corrected chi connectivity index (χ1v) is 15.0. The van der Waals surface area contributed by atoms with Crippen LogP contribution in [-0.4, -0.2) is 0 Å². The van der Waals surface area contributed by atoms with E-state index in [9.17, 15) is 0 Å². The van der Waals surface area contributed by atoms with Crippen LogP contribution in [0.15, 0.2) is 152 Å². The fourth-order valence-corrected chi connectivity index (χ4v) is 7.07. The molecule has 0 aliphatic rings. The summed E-state index contributed by atoms with van der Waals surface area (Å²) < 4.78 is 0. The van der Waals surface area contributed by atoms with Gasteiger partial charge in [0.1, 0.15) is 0 Å². The molecule has 0 spiro atoms. The Balaban J connectivity index is 1.39. The lowest BCUT2D eigenvalue weighted by molar-refractivity contribution is 1.47. The summed E-state index contributed by atoms with van der Waals surface area (Å²) in [5.41, 5.74) is 8.86. The fourth-order valence-electron chi connectivity index (χ4n) is 7.07. The topological polar surface area (TPSA) is 0 Å². The van der Waals surface area contributed by atoms with Gasteiger partial charge in [-0.3, -0.25) is 0 Å². The molecular weight excluding hydrogens is 516 g/mol. The summed E-state index contributed by atoms with van der Waals surface area (Å²) in [7, 11) is 0. The Kier molecular flexibility index (Phi) is 5.21. The lowest BCUT2D eigenvalue weighted by Crippen LogP contribution is -1.92. The molecule has 0 aromatic heterocycles. The van der Waals surface area contributed by atoms with Crippen LogP contribution in [0.1, 0.15) is 5.56 Å². The van der Waals surface area contributed by atoms with Crippen molar-refractivity contribution in [2.45, 2.75) is 6.92 Å². The lowest BCUT2D eigenvalue weighted by atomic mass is 9.83. The molecule has 0 amide bonds. The average Bonchev–Trinajstić information content (AvgIpc) is 3.07. The SMILES string of the molecule is Cc1ccc(-c2cc(-c3ccc4ccccc4c3)c3ccc4ccc(-c5ccc6ccccc6c5)c5ccc2c3c45)cc1. The van der Waals surface area contributed by atoms with Crippen molar-refractivity contribution < 1.29 is 0 Å². The fraction of sp³-hybridized carbons (Fsp3) is 0.0233. The molecule has 9 aromatic rings. The molecule has 0 saturated carbocycles. The van der Waals surface area contributed by atoms with Crippen LogP contribution in [0.4, 0.5) is 0 Å². The van der Waals surface area contributed by atoms with Crippen molar-refractivity contribution in [3.05, 3.63) is 157 Å². The van der Waals surface area contributed by atoms with Gasteiger partial charge in [-0.05, 0) is 112 Å². The Bertz CT molecular complexity index is 2500. The molecule has 0 heteroatoms. The van der Waals surface area contributed by atoms with E-state index >= 15 is 0 Å². The van der Waals surface area contributed by atoms with E-state index in [1.54, 1.807) is 0 Å². The van der Waals surface area contributed by atoms with Crippen LogP contribution in [0.5, 0.6) is 0 Å². The van der Waals surface area contributed by atoms with Crippen molar-refractivity contribution in [2.24, 2.45) is 0 Å². The highest BCUT2D eigenvalue weighted by atomic mass is 14.2. The third-order valence-corrected chi connectivity index (χ3v) is 9.27. The van der Waals surface area contributed by atoms with E-state index in [1.807, 2.05) is 0 Å². The minimum absolute atomic E-state index is 1.25. The van der Waals surface area contributed by atoms with Crippen molar-refractivity contribution in [3.63, 3.8) is 0 Å². The van der Waals surface area contributed by atoms with Gasteiger partial charge in [0.15, 0.2) is 0 Å².